The molecule has 0 bridgehead atoms. The van der Waals surface area contributed by atoms with Gasteiger partial charge in [0.2, 0.25) is 0 Å². The molecule has 0 radical (unpaired) electrons. The van der Waals surface area contributed by atoms with Gasteiger partial charge in [0.05, 0.1) is 10.7 Å². The van der Waals surface area contributed by atoms with Gasteiger partial charge in [-0.05, 0) is 31.1 Å². The molecule has 0 atom stereocenters. The topological polar surface area (TPSA) is 24.9 Å². The fraction of sp³-hybridized carbons (Fsp3) is 0.812. The summed E-state index contributed by atoms with van der Waals surface area (Å²) in [5.41, 5.74) is 1.94. The summed E-state index contributed by atoms with van der Waals surface area (Å²) in [5, 5.41) is 7.14. The van der Waals surface area contributed by atoms with Crippen LogP contribution in [0.5, 0.6) is 0 Å². The third kappa shape index (κ3) is 4.28. The SMILES string of the molecule is CC1(C)CCC(NCc2csc(C(C)(C)C)n2)CC1. The van der Waals surface area contributed by atoms with E-state index < -0.39 is 0 Å². The second-order valence-electron chi connectivity index (χ2n) is 7.71. The Hall–Kier alpha value is -0.410. The highest BCUT2D eigenvalue weighted by Crippen LogP contribution is 2.35. The molecular weight excluding hydrogens is 252 g/mol. The molecule has 1 N–H and O–H groups in total. The average molecular weight is 280 g/mol. The fourth-order valence-corrected chi connectivity index (χ4v) is 3.49. The van der Waals surface area contributed by atoms with Gasteiger partial charge in [-0.3, -0.25) is 0 Å². The van der Waals surface area contributed by atoms with Gasteiger partial charge in [0.1, 0.15) is 0 Å². The van der Waals surface area contributed by atoms with Crippen molar-refractivity contribution in [1.29, 1.82) is 0 Å². The molecule has 0 spiro atoms. The number of nitrogens with one attached hydrogen (secondary N) is 1. The molecule has 1 fully saturated rings. The molecule has 1 heterocycles. The maximum atomic E-state index is 4.75. The van der Waals surface area contributed by atoms with Crippen LogP contribution in [0.2, 0.25) is 0 Å². The molecule has 1 aliphatic rings. The Labute approximate surface area is 122 Å². The predicted molar refractivity (Wildman–Crippen MR) is 83.7 cm³/mol. The van der Waals surface area contributed by atoms with Crippen LogP contribution in [-0.2, 0) is 12.0 Å². The number of hydrogen-bond acceptors (Lipinski definition) is 3. The van der Waals surface area contributed by atoms with Crippen molar-refractivity contribution >= 4 is 11.3 Å². The van der Waals surface area contributed by atoms with E-state index in [2.05, 4.69) is 45.3 Å². The van der Waals surface area contributed by atoms with Crippen LogP contribution < -0.4 is 5.32 Å². The fourth-order valence-electron chi connectivity index (χ4n) is 2.58. The molecule has 0 aliphatic heterocycles. The summed E-state index contributed by atoms with van der Waals surface area (Å²) in [4.78, 5) is 4.75. The van der Waals surface area contributed by atoms with Gasteiger partial charge in [-0.1, -0.05) is 34.6 Å². The van der Waals surface area contributed by atoms with Crippen LogP contribution in [-0.4, -0.2) is 11.0 Å². The maximum absolute atomic E-state index is 4.75. The van der Waals surface area contributed by atoms with Crippen molar-refractivity contribution in [2.75, 3.05) is 0 Å². The lowest BCUT2D eigenvalue weighted by molar-refractivity contribution is 0.206. The second-order valence-corrected chi connectivity index (χ2v) is 8.57. The quantitative estimate of drug-likeness (QED) is 0.882. The molecule has 1 aliphatic carbocycles. The lowest BCUT2D eigenvalue weighted by Gasteiger charge is -2.34. The Morgan fingerprint density at radius 1 is 1.32 bits per heavy atom. The zero-order valence-corrected chi connectivity index (χ0v) is 13.9. The zero-order valence-electron chi connectivity index (χ0n) is 13.0. The molecule has 1 aromatic rings. The van der Waals surface area contributed by atoms with E-state index in [0.29, 0.717) is 11.5 Å². The number of hydrogen-bond donors (Lipinski definition) is 1. The van der Waals surface area contributed by atoms with Crippen LogP contribution >= 0.6 is 11.3 Å². The van der Waals surface area contributed by atoms with Crippen molar-refractivity contribution < 1.29 is 0 Å². The van der Waals surface area contributed by atoms with E-state index >= 15 is 0 Å². The summed E-state index contributed by atoms with van der Waals surface area (Å²) >= 11 is 1.79. The first kappa shape index (κ1) is 15.0. The first-order valence-corrected chi connectivity index (χ1v) is 8.32. The summed E-state index contributed by atoms with van der Waals surface area (Å²) in [6.07, 6.45) is 5.30. The summed E-state index contributed by atoms with van der Waals surface area (Å²) in [6.45, 7) is 12.4. The molecule has 2 nitrogen and oxygen atoms in total. The molecule has 0 saturated heterocycles. The van der Waals surface area contributed by atoms with Crippen LogP contribution in [0.1, 0.15) is 71.0 Å². The van der Waals surface area contributed by atoms with Gasteiger partial charge in [0, 0.05) is 23.4 Å². The van der Waals surface area contributed by atoms with Crippen molar-refractivity contribution in [3.8, 4) is 0 Å². The van der Waals surface area contributed by atoms with Crippen LogP contribution in [0, 0.1) is 5.41 Å². The molecule has 1 aromatic heterocycles. The van der Waals surface area contributed by atoms with E-state index in [0.717, 1.165) is 6.54 Å². The van der Waals surface area contributed by atoms with Crippen molar-refractivity contribution in [3.63, 3.8) is 0 Å². The molecule has 0 amide bonds. The second kappa shape index (κ2) is 5.53. The lowest BCUT2D eigenvalue weighted by Crippen LogP contribution is -2.35. The maximum Gasteiger partial charge on any atom is 0.0982 e. The number of thiazole rings is 1. The first-order valence-electron chi connectivity index (χ1n) is 7.45. The summed E-state index contributed by atoms with van der Waals surface area (Å²) < 4.78 is 0. The van der Waals surface area contributed by atoms with Gasteiger partial charge < -0.3 is 5.32 Å². The lowest BCUT2D eigenvalue weighted by atomic mass is 9.75. The average Bonchev–Trinajstić information content (AvgIpc) is 2.76. The van der Waals surface area contributed by atoms with Crippen LogP contribution in [0.3, 0.4) is 0 Å². The Balaban J connectivity index is 1.82. The van der Waals surface area contributed by atoms with Gasteiger partial charge in [0.15, 0.2) is 0 Å². The van der Waals surface area contributed by atoms with Gasteiger partial charge in [-0.15, -0.1) is 11.3 Å². The smallest absolute Gasteiger partial charge is 0.0982 e. The van der Waals surface area contributed by atoms with E-state index in [-0.39, 0.29) is 5.41 Å². The van der Waals surface area contributed by atoms with E-state index in [4.69, 9.17) is 4.98 Å². The molecule has 108 valence electrons. The third-order valence-corrected chi connectivity index (χ3v) is 5.42. The van der Waals surface area contributed by atoms with E-state index in [1.54, 1.807) is 11.3 Å². The Morgan fingerprint density at radius 2 is 1.95 bits per heavy atom. The highest BCUT2D eigenvalue weighted by molar-refractivity contribution is 7.09. The Bertz CT molecular complexity index is 405. The highest BCUT2D eigenvalue weighted by atomic mass is 32.1. The van der Waals surface area contributed by atoms with E-state index in [1.807, 2.05) is 0 Å². The normalized spacial score (nSPS) is 20.7. The van der Waals surface area contributed by atoms with E-state index in [1.165, 1.54) is 36.4 Å². The largest absolute Gasteiger partial charge is 0.308 e. The monoisotopic (exact) mass is 280 g/mol. The summed E-state index contributed by atoms with van der Waals surface area (Å²) in [5.74, 6) is 0. The highest BCUT2D eigenvalue weighted by Gasteiger charge is 2.26. The molecule has 1 saturated carbocycles. The van der Waals surface area contributed by atoms with E-state index in [9.17, 15) is 0 Å². The minimum Gasteiger partial charge on any atom is -0.308 e. The zero-order chi connectivity index (χ0) is 14.1. The third-order valence-electron chi connectivity index (χ3n) is 4.10. The van der Waals surface area contributed by atoms with Gasteiger partial charge >= 0.3 is 0 Å². The van der Waals surface area contributed by atoms with Gasteiger partial charge in [-0.2, -0.15) is 0 Å². The Kier molecular flexibility index (Phi) is 4.36. The summed E-state index contributed by atoms with van der Waals surface area (Å²) in [7, 11) is 0. The molecule has 3 heteroatoms. The Morgan fingerprint density at radius 3 is 2.47 bits per heavy atom. The van der Waals surface area contributed by atoms with Crippen LogP contribution in [0.15, 0.2) is 5.38 Å². The molecule has 2 rings (SSSR count). The van der Waals surface area contributed by atoms with Gasteiger partial charge in [-0.25, -0.2) is 4.98 Å². The number of rotatable bonds is 3. The molecule has 0 unspecified atom stereocenters. The minimum atomic E-state index is 0.178. The van der Waals surface area contributed by atoms with Crippen molar-refractivity contribution in [2.45, 2.75) is 78.3 Å². The predicted octanol–water partition coefficient (Wildman–Crippen LogP) is 4.50. The molecule has 0 aromatic carbocycles. The number of aromatic nitrogens is 1. The van der Waals surface area contributed by atoms with Crippen LogP contribution in [0.4, 0.5) is 0 Å². The summed E-state index contributed by atoms with van der Waals surface area (Å²) in [6, 6.07) is 0.688. The molecular formula is C16H28N2S. The molecule has 19 heavy (non-hydrogen) atoms. The van der Waals surface area contributed by atoms with Crippen molar-refractivity contribution in [1.82, 2.24) is 10.3 Å². The van der Waals surface area contributed by atoms with Gasteiger partial charge in [0.25, 0.3) is 0 Å². The minimum absolute atomic E-state index is 0.178. The van der Waals surface area contributed by atoms with Crippen molar-refractivity contribution in [3.05, 3.63) is 16.1 Å². The van der Waals surface area contributed by atoms with Crippen LogP contribution in [0.25, 0.3) is 0 Å². The first-order chi connectivity index (χ1) is 8.76. The standard InChI is InChI=1S/C16H28N2S/c1-15(2,3)14-18-13(11-19-14)10-17-12-6-8-16(4,5)9-7-12/h11-12,17H,6-10H2,1-5H3. The van der Waals surface area contributed by atoms with Crippen molar-refractivity contribution in [2.24, 2.45) is 5.41 Å². The number of nitrogens with zero attached hydrogens (tertiary/aromatic N) is 1.